The Kier molecular flexibility index (Phi) is 3.81. The second-order valence-corrected chi connectivity index (χ2v) is 5.42. The summed E-state index contributed by atoms with van der Waals surface area (Å²) in [6.07, 6.45) is 2.40. The molecule has 1 aliphatic heterocycles. The van der Waals surface area contributed by atoms with Crippen LogP contribution in [-0.4, -0.2) is 23.9 Å². The van der Waals surface area contributed by atoms with Crippen LogP contribution in [0.15, 0.2) is 12.1 Å². The summed E-state index contributed by atoms with van der Waals surface area (Å²) < 4.78 is 0. The van der Waals surface area contributed by atoms with Crippen LogP contribution in [0.5, 0.6) is 0 Å². The number of hydrogen-bond donors (Lipinski definition) is 1. The van der Waals surface area contributed by atoms with Crippen molar-refractivity contribution in [3.63, 3.8) is 0 Å². The number of rotatable bonds is 3. The van der Waals surface area contributed by atoms with E-state index in [-0.39, 0.29) is 5.41 Å². The highest BCUT2D eigenvalue weighted by atomic mass is 16.1. The molecule has 18 heavy (non-hydrogen) atoms. The maximum Gasteiger partial charge on any atom is 0.141 e. The normalized spacial score (nSPS) is 24.3. The van der Waals surface area contributed by atoms with E-state index in [0.29, 0.717) is 12.2 Å². The molecule has 1 unspecified atom stereocenters. The second-order valence-electron chi connectivity index (χ2n) is 5.42. The van der Waals surface area contributed by atoms with E-state index in [1.807, 2.05) is 13.8 Å². The SMILES string of the molecule is CCC1(Cc2cc(C)nc(C)c2)CNCCC1=O. The first-order valence-corrected chi connectivity index (χ1v) is 6.74. The van der Waals surface area contributed by atoms with E-state index >= 15 is 0 Å². The molecule has 1 aromatic rings. The Morgan fingerprint density at radius 3 is 2.56 bits per heavy atom. The molecule has 1 aromatic heterocycles. The molecule has 3 heteroatoms. The first kappa shape index (κ1) is 13.2. The molecule has 1 N–H and O–H groups in total. The Labute approximate surface area is 109 Å². The summed E-state index contributed by atoms with van der Waals surface area (Å²) >= 11 is 0. The van der Waals surface area contributed by atoms with E-state index in [1.54, 1.807) is 0 Å². The Hall–Kier alpha value is -1.22. The minimum absolute atomic E-state index is 0.210. The molecule has 0 spiro atoms. The topological polar surface area (TPSA) is 42.0 Å². The van der Waals surface area contributed by atoms with Crippen molar-refractivity contribution in [2.75, 3.05) is 13.1 Å². The fourth-order valence-corrected chi connectivity index (χ4v) is 2.92. The van der Waals surface area contributed by atoms with E-state index in [1.165, 1.54) is 5.56 Å². The van der Waals surface area contributed by atoms with Gasteiger partial charge in [-0.2, -0.15) is 0 Å². The van der Waals surface area contributed by atoms with Crippen molar-refractivity contribution in [2.45, 2.75) is 40.0 Å². The van der Waals surface area contributed by atoms with Gasteiger partial charge in [0.15, 0.2) is 0 Å². The summed E-state index contributed by atoms with van der Waals surface area (Å²) in [5.41, 5.74) is 3.09. The van der Waals surface area contributed by atoms with Crippen molar-refractivity contribution in [2.24, 2.45) is 5.41 Å². The van der Waals surface area contributed by atoms with Gasteiger partial charge < -0.3 is 5.32 Å². The zero-order valence-corrected chi connectivity index (χ0v) is 11.5. The lowest BCUT2D eigenvalue weighted by Crippen LogP contribution is -2.48. The fourth-order valence-electron chi connectivity index (χ4n) is 2.92. The van der Waals surface area contributed by atoms with E-state index in [9.17, 15) is 4.79 Å². The summed E-state index contributed by atoms with van der Waals surface area (Å²) in [4.78, 5) is 16.7. The zero-order chi connectivity index (χ0) is 13.2. The highest BCUT2D eigenvalue weighted by molar-refractivity contribution is 5.86. The molecule has 0 saturated carbocycles. The third kappa shape index (κ3) is 2.61. The Bertz CT molecular complexity index is 436. The molecule has 0 radical (unpaired) electrons. The lowest BCUT2D eigenvalue weighted by Gasteiger charge is -2.35. The number of nitrogens with zero attached hydrogens (tertiary/aromatic N) is 1. The van der Waals surface area contributed by atoms with Gasteiger partial charge in [0.2, 0.25) is 0 Å². The van der Waals surface area contributed by atoms with Gasteiger partial charge in [-0.1, -0.05) is 6.92 Å². The van der Waals surface area contributed by atoms with Crippen molar-refractivity contribution < 1.29 is 4.79 Å². The van der Waals surface area contributed by atoms with Crippen molar-refractivity contribution in [3.8, 4) is 0 Å². The van der Waals surface area contributed by atoms with Gasteiger partial charge in [0.05, 0.1) is 0 Å². The van der Waals surface area contributed by atoms with Gasteiger partial charge in [-0.3, -0.25) is 9.78 Å². The van der Waals surface area contributed by atoms with Gasteiger partial charge in [0.25, 0.3) is 0 Å². The Morgan fingerprint density at radius 1 is 1.33 bits per heavy atom. The lowest BCUT2D eigenvalue weighted by atomic mass is 9.73. The summed E-state index contributed by atoms with van der Waals surface area (Å²) in [7, 11) is 0. The van der Waals surface area contributed by atoms with Crippen molar-refractivity contribution in [3.05, 3.63) is 29.1 Å². The number of aromatic nitrogens is 1. The highest BCUT2D eigenvalue weighted by Gasteiger charge is 2.38. The molecule has 3 nitrogen and oxygen atoms in total. The van der Waals surface area contributed by atoms with E-state index in [2.05, 4.69) is 29.4 Å². The minimum atomic E-state index is -0.210. The summed E-state index contributed by atoms with van der Waals surface area (Å²) in [5.74, 6) is 0.413. The predicted molar refractivity (Wildman–Crippen MR) is 72.6 cm³/mol. The molecule has 2 heterocycles. The number of aryl methyl sites for hydroxylation is 2. The molecule has 1 saturated heterocycles. The zero-order valence-electron chi connectivity index (χ0n) is 11.5. The Balaban J connectivity index is 2.26. The lowest BCUT2D eigenvalue weighted by molar-refractivity contribution is -0.130. The van der Waals surface area contributed by atoms with E-state index in [4.69, 9.17) is 0 Å². The molecule has 2 rings (SSSR count). The number of pyridine rings is 1. The van der Waals surface area contributed by atoms with Crippen LogP contribution in [0.1, 0.15) is 36.7 Å². The predicted octanol–water partition coefficient (Wildman–Crippen LogP) is 2.20. The maximum atomic E-state index is 12.3. The minimum Gasteiger partial charge on any atom is -0.315 e. The van der Waals surface area contributed by atoms with Gasteiger partial charge in [-0.05, 0) is 44.4 Å². The summed E-state index contributed by atoms with van der Waals surface area (Å²) in [6.45, 7) is 7.77. The number of carbonyl (C=O) groups is 1. The number of nitrogens with one attached hydrogen (secondary N) is 1. The van der Waals surface area contributed by atoms with Crippen LogP contribution in [0.4, 0.5) is 0 Å². The maximum absolute atomic E-state index is 12.3. The smallest absolute Gasteiger partial charge is 0.141 e. The number of ketones is 1. The van der Waals surface area contributed by atoms with Crippen LogP contribution < -0.4 is 5.32 Å². The molecule has 0 amide bonds. The van der Waals surface area contributed by atoms with Crippen LogP contribution in [0.3, 0.4) is 0 Å². The number of piperidine rings is 1. The average Bonchev–Trinajstić information content (AvgIpc) is 2.31. The molecule has 0 aromatic carbocycles. The second kappa shape index (κ2) is 5.19. The van der Waals surface area contributed by atoms with Crippen molar-refractivity contribution >= 4 is 5.78 Å². The van der Waals surface area contributed by atoms with Gasteiger partial charge in [0.1, 0.15) is 5.78 Å². The van der Waals surface area contributed by atoms with Gasteiger partial charge in [0, 0.05) is 36.3 Å². The van der Waals surface area contributed by atoms with Crippen LogP contribution in [-0.2, 0) is 11.2 Å². The third-order valence-corrected chi connectivity index (χ3v) is 3.94. The first-order chi connectivity index (χ1) is 8.55. The molecule has 0 aliphatic carbocycles. The molecule has 98 valence electrons. The Morgan fingerprint density at radius 2 is 2.00 bits per heavy atom. The number of carbonyl (C=O) groups excluding carboxylic acids is 1. The standard InChI is InChI=1S/C15H22N2O/c1-4-15(10-16-6-5-14(15)18)9-13-7-11(2)17-12(3)8-13/h7-8,16H,4-6,9-10H2,1-3H3. The molecule has 1 aliphatic rings. The molecule has 0 bridgehead atoms. The van der Waals surface area contributed by atoms with Gasteiger partial charge in [-0.25, -0.2) is 0 Å². The van der Waals surface area contributed by atoms with Crippen molar-refractivity contribution in [1.82, 2.24) is 10.3 Å². The molecule has 1 atom stereocenters. The van der Waals surface area contributed by atoms with Gasteiger partial charge in [-0.15, -0.1) is 0 Å². The van der Waals surface area contributed by atoms with E-state index in [0.717, 1.165) is 37.3 Å². The average molecular weight is 246 g/mol. The van der Waals surface area contributed by atoms with E-state index < -0.39 is 0 Å². The summed E-state index contributed by atoms with van der Waals surface area (Å²) in [5, 5.41) is 3.37. The monoisotopic (exact) mass is 246 g/mol. The van der Waals surface area contributed by atoms with Crippen LogP contribution >= 0.6 is 0 Å². The molecule has 1 fully saturated rings. The van der Waals surface area contributed by atoms with Crippen LogP contribution in [0.2, 0.25) is 0 Å². The highest BCUT2D eigenvalue weighted by Crippen LogP contribution is 2.31. The van der Waals surface area contributed by atoms with Crippen LogP contribution in [0, 0.1) is 19.3 Å². The number of hydrogen-bond acceptors (Lipinski definition) is 3. The van der Waals surface area contributed by atoms with Crippen molar-refractivity contribution in [1.29, 1.82) is 0 Å². The largest absolute Gasteiger partial charge is 0.315 e. The first-order valence-electron chi connectivity index (χ1n) is 6.74. The van der Waals surface area contributed by atoms with Crippen LogP contribution in [0.25, 0.3) is 0 Å². The molecular weight excluding hydrogens is 224 g/mol. The quantitative estimate of drug-likeness (QED) is 0.889. The molecular formula is C15H22N2O. The third-order valence-electron chi connectivity index (χ3n) is 3.94. The summed E-state index contributed by atoms with van der Waals surface area (Å²) in [6, 6.07) is 4.21. The fraction of sp³-hybridized carbons (Fsp3) is 0.600. The van der Waals surface area contributed by atoms with Gasteiger partial charge >= 0.3 is 0 Å². The number of Topliss-reactive ketones (excluding diaryl/α,β-unsaturated/α-hetero) is 1.